The Morgan fingerprint density at radius 2 is 1.83 bits per heavy atom. The molecule has 1 amide bonds. The summed E-state index contributed by atoms with van der Waals surface area (Å²) in [7, 11) is 2.07. The van der Waals surface area contributed by atoms with Gasteiger partial charge in [0.2, 0.25) is 0 Å². The summed E-state index contributed by atoms with van der Waals surface area (Å²) in [6.07, 6.45) is -1.10. The molecule has 0 bridgehead atoms. The van der Waals surface area contributed by atoms with E-state index in [2.05, 4.69) is 33.5 Å². The van der Waals surface area contributed by atoms with Gasteiger partial charge in [0.1, 0.15) is 0 Å². The fraction of sp³-hybridized carbons (Fsp3) is 0.385. The summed E-state index contributed by atoms with van der Waals surface area (Å²) in [6, 6.07) is 14.9. The summed E-state index contributed by atoms with van der Waals surface area (Å²) < 4.78 is 39.0. The summed E-state index contributed by atoms with van der Waals surface area (Å²) in [4.78, 5) is 14.8. The average molecular weight is 505 g/mol. The lowest BCUT2D eigenvalue weighted by molar-refractivity contribution is -0.137. The van der Waals surface area contributed by atoms with Crippen LogP contribution in [0.2, 0.25) is 5.02 Å². The average Bonchev–Trinajstić information content (AvgIpc) is 3.28. The summed E-state index contributed by atoms with van der Waals surface area (Å²) in [5.74, 6) is -0.0766. The predicted molar refractivity (Wildman–Crippen MR) is 130 cm³/mol. The number of halogens is 4. The quantitative estimate of drug-likeness (QED) is 0.404. The number of hydrogen-bond acceptors (Lipinski definition) is 3. The Bertz CT molecular complexity index is 1140. The number of benzene rings is 2. The Morgan fingerprint density at radius 3 is 2.51 bits per heavy atom. The molecule has 1 aliphatic carbocycles. The fourth-order valence-corrected chi connectivity index (χ4v) is 4.82. The van der Waals surface area contributed by atoms with E-state index in [1.54, 1.807) is 0 Å². The largest absolute Gasteiger partial charge is 0.416 e. The number of hydrogen-bond donors (Lipinski definition) is 2. The SMILES string of the molecule is CN(Cc1cc(-c2ccccc2)[nH]n1)C[C@H]1CC[C@H](NC(=O)c2cc(C(F)(F)F)ccc2Cl)CC1. The molecule has 186 valence electrons. The molecule has 0 radical (unpaired) electrons. The third kappa shape index (κ3) is 6.64. The van der Waals surface area contributed by atoms with Gasteiger partial charge in [0, 0.05) is 19.1 Å². The lowest BCUT2D eigenvalue weighted by atomic mass is 9.85. The molecule has 9 heteroatoms. The van der Waals surface area contributed by atoms with Gasteiger partial charge >= 0.3 is 6.18 Å². The van der Waals surface area contributed by atoms with Crippen LogP contribution in [0.25, 0.3) is 11.3 Å². The fourth-order valence-electron chi connectivity index (χ4n) is 4.62. The molecule has 1 fully saturated rings. The second kappa shape index (κ2) is 10.8. The number of aromatic nitrogens is 2. The minimum atomic E-state index is -4.53. The summed E-state index contributed by atoms with van der Waals surface area (Å²) in [5, 5.41) is 10.4. The lowest BCUT2D eigenvalue weighted by Gasteiger charge is -2.31. The number of nitrogens with zero attached hydrogens (tertiary/aromatic N) is 2. The molecule has 1 aromatic heterocycles. The second-order valence-electron chi connectivity index (χ2n) is 9.22. The van der Waals surface area contributed by atoms with Crippen LogP contribution in [0.1, 0.15) is 47.3 Å². The first kappa shape index (κ1) is 25.3. The van der Waals surface area contributed by atoms with E-state index < -0.39 is 17.6 Å². The van der Waals surface area contributed by atoms with Crippen LogP contribution in [0, 0.1) is 5.92 Å². The zero-order valence-corrected chi connectivity index (χ0v) is 20.2. The van der Waals surface area contributed by atoms with Gasteiger partial charge in [0.25, 0.3) is 5.91 Å². The standard InChI is InChI=1S/C26H28ClF3N4O/c1-34(16-21-14-24(33-32-21)18-5-3-2-4-6-18)15-17-7-10-20(11-8-17)31-25(35)22-13-19(26(28,29)30)9-12-23(22)27/h2-6,9,12-14,17,20H,7-8,10-11,15-16H2,1H3,(H,31,35)(H,32,33)/t17-,20-. The molecular weight excluding hydrogens is 477 g/mol. The van der Waals surface area contributed by atoms with Crippen LogP contribution < -0.4 is 5.32 Å². The Morgan fingerprint density at radius 1 is 1.11 bits per heavy atom. The maximum absolute atomic E-state index is 13.0. The highest BCUT2D eigenvalue weighted by Crippen LogP contribution is 2.32. The van der Waals surface area contributed by atoms with E-state index in [-0.39, 0.29) is 16.6 Å². The van der Waals surface area contributed by atoms with Crippen LogP contribution in [0.5, 0.6) is 0 Å². The number of alkyl halides is 3. The van der Waals surface area contributed by atoms with E-state index in [1.165, 1.54) is 0 Å². The molecule has 0 saturated heterocycles. The van der Waals surface area contributed by atoms with Gasteiger partial charge in [-0.15, -0.1) is 0 Å². The molecule has 1 saturated carbocycles. The molecule has 1 heterocycles. The number of carbonyl (C=O) groups is 1. The minimum Gasteiger partial charge on any atom is -0.349 e. The zero-order valence-electron chi connectivity index (χ0n) is 19.4. The Hall–Kier alpha value is -2.84. The number of H-pyrrole nitrogens is 1. The maximum Gasteiger partial charge on any atom is 0.416 e. The number of nitrogens with one attached hydrogen (secondary N) is 2. The molecule has 35 heavy (non-hydrogen) atoms. The smallest absolute Gasteiger partial charge is 0.349 e. The van der Waals surface area contributed by atoms with Crippen molar-refractivity contribution < 1.29 is 18.0 Å². The van der Waals surface area contributed by atoms with Gasteiger partial charge in [-0.3, -0.25) is 9.89 Å². The molecule has 3 aromatic rings. The van der Waals surface area contributed by atoms with Gasteiger partial charge in [-0.25, -0.2) is 0 Å². The van der Waals surface area contributed by atoms with Crippen LogP contribution in [0.4, 0.5) is 13.2 Å². The molecule has 4 rings (SSSR count). The van der Waals surface area contributed by atoms with Crippen LogP contribution >= 0.6 is 11.6 Å². The van der Waals surface area contributed by atoms with Crippen LogP contribution in [0.15, 0.2) is 54.6 Å². The first-order valence-corrected chi connectivity index (χ1v) is 12.0. The summed E-state index contributed by atoms with van der Waals surface area (Å²) >= 11 is 6.00. The first-order valence-electron chi connectivity index (χ1n) is 11.6. The third-order valence-corrected chi connectivity index (χ3v) is 6.77. The number of rotatable bonds is 7. The van der Waals surface area contributed by atoms with Gasteiger partial charge in [0.05, 0.1) is 27.5 Å². The van der Waals surface area contributed by atoms with Crippen molar-refractivity contribution in [3.05, 3.63) is 76.4 Å². The van der Waals surface area contributed by atoms with E-state index in [0.717, 1.165) is 73.9 Å². The Labute approximate surface area is 207 Å². The van der Waals surface area contributed by atoms with Crippen molar-refractivity contribution in [1.29, 1.82) is 0 Å². The van der Waals surface area contributed by atoms with Gasteiger partial charge in [-0.2, -0.15) is 18.3 Å². The van der Waals surface area contributed by atoms with Gasteiger partial charge in [-0.1, -0.05) is 41.9 Å². The maximum atomic E-state index is 13.0. The van der Waals surface area contributed by atoms with E-state index >= 15 is 0 Å². The molecule has 0 spiro atoms. The van der Waals surface area contributed by atoms with Crippen molar-refractivity contribution in [3.8, 4) is 11.3 Å². The predicted octanol–water partition coefficient (Wildman–Crippen LogP) is 6.17. The van der Waals surface area contributed by atoms with E-state index in [9.17, 15) is 18.0 Å². The highest BCUT2D eigenvalue weighted by atomic mass is 35.5. The van der Waals surface area contributed by atoms with Crippen LogP contribution in [0.3, 0.4) is 0 Å². The van der Waals surface area contributed by atoms with E-state index in [0.29, 0.717) is 5.92 Å². The van der Waals surface area contributed by atoms with E-state index in [1.807, 2.05) is 30.3 Å². The number of amides is 1. The molecule has 1 aliphatic rings. The molecule has 5 nitrogen and oxygen atoms in total. The molecule has 2 N–H and O–H groups in total. The monoisotopic (exact) mass is 504 g/mol. The van der Waals surface area contributed by atoms with Gasteiger partial charge < -0.3 is 10.2 Å². The van der Waals surface area contributed by atoms with Crippen LogP contribution in [-0.4, -0.2) is 40.6 Å². The number of carbonyl (C=O) groups excluding carboxylic acids is 1. The van der Waals surface area contributed by atoms with Crippen molar-refractivity contribution in [2.75, 3.05) is 13.6 Å². The zero-order chi connectivity index (χ0) is 25.0. The molecule has 0 atom stereocenters. The van der Waals surface area contributed by atoms with Gasteiger partial charge in [0.15, 0.2) is 0 Å². The minimum absolute atomic E-state index is 0.0135. The van der Waals surface area contributed by atoms with Crippen molar-refractivity contribution in [2.45, 2.75) is 44.4 Å². The normalized spacial score (nSPS) is 18.6. The lowest BCUT2D eigenvalue weighted by Crippen LogP contribution is -2.39. The number of aromatic amines is 1. The molecule has 0 aliphatic heterocycles. The van der Waals surface area contributed by atoms with Crippen molar-refractivity contribution >= 4 is 17.5 Å². The van der Waals surface area contributed by atoms with Crippen molar-refractivity contribution in [1.82, 2.24) is 20.4 Å². The third-order valence-electron chi connectivity index (χ3n) is 6.44. The Kier molecular flexibility index (Phi) is 7.82. The van der Waals surface area contributed by atoms with Crippen LogP contribution in [-0.2, 0) is 12.7 Å². The molecule has 2 aromatic carbocycles. The molecular formula is C26H28ClF3N4O. The highest BCUT2D eigenvalue weighted by Gasteiger charge is 2.32. The van der Waals surface area contributed by atoms with Gasteiger partial charge in [-0.05, 0) is 68.5 Å². The topological polar surface area (TPSA) is 61.0 Å². The summed E-state index contributed by atoms with van der Waals surface area (Å²) in [5.41, 5.74) is 2.04. The highest BCUT2D eigenvalue weighted by molar-refractivity contribution is 6.33. The Balaban J connectivity index is 1.25. The molecule has 0 unspecified atom stereocenters. The first-order chi connectivity index (χ1) is 16.7. The summed E-state index contributed by atoms with van der Waals surface area (Å²) in [6.45, 7) is 1.64. The van der Waals surface area contributed by atoms with E-state index in [4.69, 9.17) is 11.6 Å². The van der Waals surface area contributed by atoms with Crippen molar-refractivity contribution in [2.24, 2.45) is 5.92 Å². The van der Waals surface area contributed by atoms with Crippen molar-refractivity contribution in [3.63, 3.8) is 0 Å². The second-order valence-corrected chi connectivity index (χ2v) is 9.63.